The van der Waals surface area contributed by atoms with Gasteiger partial charge in [0.1, 0.15) is 17.9 Å². The van der Waals surface area contributed by atoms with Crippen molar-refractivity contribution in [2.75, 3.05) is 17.2 Å². The molecule has 2 aromatic carbocycles. The van der Waals surface area contributed by atoms with E-state index in [1.54, 1.807) is 0 Å². The molecule has 0 aliphatic heterocycles. The number of nitrogens with zero attached hydrogens (tertiary/aromatic N) is 2. The Balaban J connectivity index is 1.57. The van der Waals surface area contributed by atoms with Gasteiger partial charge in [-0.15, -0.1) is 0 Å². The third-order valence-electron chi connectivity index (χ3n) is 4.47. The summed E-state index contributed by atoms with van der Waals surface area (Å²) < 4.78 is 5.76. The Morgan fingerprint density at radius 2 is 1.61 bits per heavy atom. The van der Waals surface area contributed by atoms with E-state index in [-0.39, 0.29) is 12.5 Å². The van der Waals surface area contributed by atoms with Gasteiger partial charge in [0.2, 0.25) is 0 Å². The molecule has 0 bridgehead atoms. The number of anilines is 3. The Bertz CT molecular complexity index is 984. The molecule has 0 saturated heterocycles. The molecule has 28 heavy (non-hydrogen) atoms. The second kappa shape index (κ2) is 8.52. The molecule has 0 atom stereocenters. The van der Waals surface area contributed by atoms with E-state index >= 15 is 0 Å². The number of hydrogen-bond acceptors (Lipinski definition) is 5. The summed E-state index contributed by atoms with van der Waals surface area (Å²) in [5.74, 6) is 1.30. The highest BCUT2D eigenvalue weighted by atomic mass is 16.5. The highest BCUT2D eigenvalue weighted by molar-refractivity contribution is 5.92. The van der Waals surface area contributed by atoms with E-state index < -0.39 is 0 Å². The molecule has 1 heterocycles. The Kier molecular flexibility index (Phi) is 5.89. The van der Waals surface area contributed by atoms with Crippen LogP contribution in [0.3, 0.4) is 0 Å². The minimum atomic E-state index is -0.201. The molecule has 0 radical (unpaired) electrons. The monoisotopic (exact) mass is 376 g/mol. The molecule has 0 spiro atoms. The number of carbonyl (C=O) groups excluding carboxylic acids is 1. The van der Waals surface area contributed by atoms with Crippen molar-refractivity contribution in [2.45, 2.75) is 27.7 Å². The van der Waals surface area contributed by atoms with Crippen LogP contribution in [0.4, 0.5) is 17.2 Å². The molecular weight excluding hydrogens is 352 g/mol. The number of amides is 1. The van der Waals surface area contributed by atoms with E-state index in [9.17, 15) is 4.79 Å². The summed E-state index contributed by atoms with van der Waals surface area (Å²) in [6, 6.07) is 13.3. The van der Waals surface area contributed by atoms with Crippen molar-refractivity contribution in [3.05, 3.63) is 71.2 Å². The topological polar surface area (TPSA) is 76.1 Å². The number of aryl methyl sites for hydroxylation is 3. The van der Waals surface area contributed by atoms with Crippen molar-refractivity contribution in [2.24, 2.45) is 0 Å². The molecular formula is C22H24N4O2. The SMILES string of the molecule is Cc1cc(Nc2ccc(NC(=O)COc3c(C)ccc(C)c3C)cc2)ncn1. The molecule has 3 rings (SSSR count). The van der Waals surface area contributed by atoms with Gasteiger partial charge in [-0.3, -0.25) is 4.79 Å². The van der Waals surface area contributed by atoms with Crippen LogP contribution in [0.1, 0.15) is 22.4 Å². The first-order chi connectivity index (χ1) is 13.4. The summed E-state index contributed by atoms with van der Waals surface area (Å²) >= 11 is 0. The smallest absolute Gasteiger partial charge is 0.262 e. The summed E-state index contributed by atoms with van der Waals surface area (Å²) in [7, 11) is 0. The average molecular weight is 376 g/mol. The van der Waals surface area contributed by atoms with Crippen molar-refractivity contribution in [3.63, 3.8) is 0 Å². The molecule has 6 nitrogen and oxygen atoms in total. The zero-order valence-corrected chi connectivity index (χ0v) is 16.5. The fourth-order valence-corrected chi connectivity index (χ4v) is 2.79. The summed E-state index contributed by atoms with van der Waals surface area (Å²) in [4.78, 5) is 20.5. The van der Waals surface area contributed by atoms with Gasteiger partial charge in [-0.25, -0.2) is 9.97 Å². The summed E-state index contributed by atoms with van der Waals surface area (Å²) in [5.41, 5.74) is 5.69. The predicted octanol–water partition coefficient (Wildman–Crippen LogP) is 4.47. The number of ether oxygens (including phenoxy) is 1. The minimum absolute atomic E-state index is 0.0364. The molecule has 3 aromatic rings. The molecule has 6 heteroatoms. The lowest BCUT2D eigenvalue weighted by molar-refractivity contribution is -0.118. The summed E-state index contributed by atoms with van der Waals surface area (Å²) in [6.45, 7) is 7.88. The van der Waals surface area contributed by atoms with Crippen molar-refractivity contribution < 1.29 is 9.53 Å². The molecule has 1 amide bonds. The van der Waals surface area contributed by atoms with Crippen LogP contribution in [-0.4, -0.2) is 22.5 Å². The molecule has 0 fully saturated rings. The Morgan fingerprint density at radius 1 is 0.929 bits per heavy atom. The van der Waals surface area contributed by atoms with Crippen molar-refractivity contribution in [1.29, 1.82) is 0 Å². The summed E-state index contributed by atoms with van der Waals surface area (Å²) in [5, 5.41) is 6.05. The standard InChI is InChI=1S/C22H24N4O2/c1-14-5-6-15(2)22(17(14)4)28-12-21(27)26-19-9-7-18(8-10-19)25-20-11-16(3)23-13-24-20/h5-11,13H,12H2,1-4H3,(H,26,27)(H,23,24,25). The molecule has 0 aliphatic carbocycles. The van der Waals surface area contributed by atoms with E-state index in [0.717, 1.165) is 39.6 Å². The third kappa shape index (κ3) is 4.85. The van der Waals surface area contributed by atoms with Crippen molar-refractivity contribution in [1.82, 2.24) is 9.97 Å². The van der Waals surface area contributed by atoms with E-state index in [1.807, 2.05) is 64.1 Å². The Labute approximate surface area is 165 Å². The van der Waals surface area contributed by atoms with Crippen LogP contribution < -0.4 is 15.4 Å². The molecule has 0 unspecified atom stereocenters. The lowest BCUT2D eigenvalue weighted by Gasteiger charge is -2.14. The third-order valence-corrected chi connectivity index (χ3v) is 4.47. The zero-order chi connectivity index (χ0) is 20.1. The Morgan fingerprint density at radius 3 is 2.32 bits per heavy atom. The van der Waals surface area contributed by atoms with Gasteiger partial charge in [-0.2, -0.15) is 0 Å². The molecule has 0 saturated carbocycles. The second-order valence-corrected chi connectivity index (χ2v) is 6.74. The average Bonchev–Trinajstić information content (AvgIpc) is 2.66. The van der Waals surface area contributed by atoms with Crippen LogP contribution in [-0.2, 0) is 4.79 Å². The van der Waals surface area contributed by atoms with Gasteiger partial charge in [0.25, 0.3) is 5.91 Å². The lowest BCUT2D eigenvalue weighted by Crippen LogP contribution is -2.20. The van der Waals surface area contributed by atoms with Crippen LogP contribution in [0.5, 0.6) is 5.75 Å². The zero-order valence-electron chi connectivity index (χ0n) is 16.5. The Hall–Kier alpha value is -3.41. The van der Waals surface area contributed by atoms with Crippen LogP contribution >= 0.6 is 0 Å². The second-order valence-electron chi connectivity index (χ2n) is 6.74. The van der Waals surface area contributed by atoms with Gasteiger partial charge in [0.15, 0.2) is 6.61 Å². The molecule has 0 aliphatic rings. The van der Waals surface area contributed by atoms with Crippen LogP contribution in [0.15, 0.2) is 48.8 Å². The fourth-order valence-electron chi connectivity index (χ4n) is 2.79. The first-order valence-electron chi connectivity index (χ1n) is 9.07. The number of carbonyl (C=O) groups is 1. The molecule has 2 N–H and O–H groups in total. The number of benzene rings is 2. The van der Waals surface area contributed by atoms with Crippen molar-refractivity contribution >= 4 is 23.1 Å². The number of hydrogen-bond donors (Lipinski definition) is 2. The van der Waals surface area contributed by atoms with Gasteiger partial charge < -0.3 is 15.4 Å². The summed E-state index contributed by atoms with van der Waals surface area (Å²) in [6.07, 6.45) is 1.52. The van der Waals surface area contributed by atoms with E-state index in [0.29, 0.717) is 5.69 Å². The minimum Gasteiger partial charge on any atom is -0.483 e. The largest absolute Gasteiger partial charge is 0.483 e. The van der Waals surface area contributed by atoms with Gasteiger partial charge in [0.05, 0.1) is 0 Å². The molecule has 144 valence electrons. The first kappa shape index (κ1) is 19.4. The van der Waals surface area contributed by atoms with E-state index in [4.69, 9.17) is 4.74 Å². The van der Waals surface area contributed by atoms with E-state index in [1.165, 1.54) is 6.33 Å². The van der Waals surface area contributed by atoms with Gasteiger partial charge in [-0.1, -0.05) is 12.1 Å². The van der Waals surface area contributed by atoms with Crippen LogP contribution in [0.2, 0.25) is 0 Å². The predicted molar refractivity (Wildman–Crippen MR) is 111 cm³/mol. The van der Waals surface area contributed by atoms with Crippen LogP contribution in [0, 0.1) is 27.7 Å². The quantitative estimate of drug-likeness (QED) is 0.664. The van der Waals surface area contributed by atoms with Gasteiger partial charge >= 0.3 is 0 Å². The van der Waals surface area contributed by atoms with Gasteiger partial charge in [-0.05, 0) is 68.7 Å². The normalized spacial score (nSPS) is 10.4. The number of nitrogens with one attached hydrogen (secondary N) is 2. The lowest BCUT2D eigenvalue weighted by atomic mass is 10.1. The van der Waals surface area contributed by atoms with Crippen LogP contribution in [0.25, 0.3) is 0 Å². The highest BCUT2D eigenvalue weighted by Crippen LogP contribution is 2.25. The van der Waals surface area contributed by atoms with E-state index in [2.05, 4.69) is 26.7 Å². The maximum absolute atomic E-state index is 12.2. The maximum Gasteiger partial charge on any atom is 0.262 e. The first-order valence-corrected chi connectivity index (χ1v) is 9.07. The number of aromatic nitrogens is 2. The van der Waals surface area contributed by atoms with Gasteiger partial charge in [0, 0.05) is 23.1 Å². The van der Waals surface area contributed by atoms with Crippen molar-refractivity contribution in [3.8, 4) is 5.75 Å². The number of rotatable bonds is 6. The highest BCUT2D eigenvalue weighted by Gasteiger charge is 2.09. The molecule has 1 aromatic heterocycles. The fraction of sp³-hybridized carbons (Fsp3) is 0.227. The maximum atomic E-state index is 12.2.